The molecule has 156 valence electrons. The monoisotopic (exact) mass is 411 g/mol. The van der Waals surface area contributed by atoms with Crippen LogP contribution in [0.15, 0.2) is 48.5 Å². The fraction of sp³-hybridized carbons (Fsp3) is 0.350. The summed E-state index contributed by atoms with van der Waals surface area (Å²) in [5.41, 5.74) is -0.399. The maximum atomic E-state index is 13.3. The summed E-state index contributed by atoms with van der Waals surface area (Å²) >= 11 is 0. The highest BCUT2D eigenvalue weighted by molar-refractivity contribution is 5.89. The number of morpholine rings is 1. The van der Waals surface area contributed by atoms with E-state index in [1.54, 1.807) is 0 Å². The lowest BCUT2D eigenvalue weighted by molar-refractivity contribution is -0.139. The third-order valence-corrected chi connectivity index (χ3v) is 4.49. The van der Waals surface area contributed by atoms with Gasteiger partial charge in [-0.05, 0) is 23.8 Å². The Hall–Kier alpha value is -2.65. The Morgan fingerprint density at radius 3 is 2.66 bits per heavy atom. The van der Waals surface area contributed by atoms with Gasteiger partial charge in [0, 0.05) is 31.9 Å². The number of amides is 2. The van der Waals surface area contributed by atoms with Gasteiger partial charge in [0.25, 0.3) is 0 Å². The molecule has 0 radical (unpaired) electrons. The van der Waals surface area contributed by atoms with Crippen molar-refractivity contribution < 1.29 is 27.1 Å². The van der Waals surface area contributed by atoms with Crippen molar-refractivity contribution in [3.63, 3.8) is 0 Å². The number of nitrogens with one attached hydrogen (secondary N) is 2. The van der Waals surface area contributed by atoms with Crippen LogP contribution in [0.4, 0.5) is 28.0 Å². The molecule has 2 N–H and O–H groups in total. The number of benzene rings is 2. The molecular formula is C20H21F4N3O2. The van der Waals surface area contributed by atoms with Crippen LogP contribution in [0, 0.1) is 5.82 Å². The number of alkyl halides is 3. The Bertz CT molecular complexity index is 830. The summed E-state index contributed by atoms with van der Waals surface area (Å²) in [7, 11) is 0. The van der Waals surface area contributed by atoms with E-state index in [1.807, 2.05) is 30.3 Å². The van der Waals surface area contributed by atoms with Crippen LogP contribution in [0.3, 0.4) is 0 Å². The minimum Gasteiger partial charge on any atom is -0.374 e. The molecule has 5 nitrogen and oxygen atoms in total. The molecule has 0 bridgehead atoms. The molecule has 0 aromatic heterocycles. The van der Waals surface area contributed by atoms with E-state index in [1.165, 1.54) is 5.56 Å². The maximum absolute atomic E-state index is 13.3. The number of anilines is 1. The van der Waals surface area contributed by atoms with E-state index in [0.29, 0.717) is 25.3 Å². The van der Waals surface area contributed by atoms with Crippen molar-refractivity contribution in [2.45, 2.75) is 18.8 Å². The molecule has 1 aliphatic heterocycles. The van der Waals surface area contributed by atoms with Gasteiger partial charge >= 0.3 is 12.2 Å². The summed E-state index contributed by atoms with van der Waals surface area (Å²) in [4.78, 5) is 14.2. The van der Waals surface area contributed by atoms with Gasteiger partial charge in [-0.25, -0.2) is 9.18 Å². The molecule has 1 heterocycles. The average molecular weight is 411 g/mol. The zero-order chi connectivity index (χ0) is 20.9. The number of ether oxygens (including phenoxy) is 1. The minimum atomic E-state index is -4.84. The molecule has 9 heteroatoms. The third kappa shape index (κ3) is 6.16. The first kappa shape index (κ1) is 21.1. The molecule has 1 aliphatic rings. The first-order chi connectivity index (χ1) is 13.8. The first-order valence-electron chi connectivity index (χ1n) is 9.11. The van der Waals surface area contributed by atoms with Crippen molar-refractivity contribution in [2.24, 2.45) is 0 Å². The van der Waals surface area contributed by atoms with Crippen LogP contribution in [-0.4, -0.2) is 43.3 Å². The van der Waals surface area contributed by atoms with Gasteiger partial charge in [-0.3, -0.25) is 4.90 Å². The molecule has 2 amide bonds. The van der Waals surface area contributed by atoms with Crippen LogP contribution in [0.2, 0.25) is 0 Å². The van der Waals surface area contributed by atoms with Gasteiger partial charge in [0.2, 0.25) is 0 Å². The van der Waals surface area contributed by atoms with E-state index in [9.17, 15) is 22.4 Å². The van der Waals surface area contributed by atoms with Gasteiger partial charge in [-0.15, -0.1) is 0 Å². The molecule has 3 rings (SSSR count). The van der Waals surface area contributed by atoms with Crippen LogP contribution in [0.25, 0.3) is 0 Å². The van der Waals surface area contributed by atoms with Crippen molar-refractivity contribution in [3.8, 4) is 0 Å². The number of hydrogen-bond donors (Lipinski definition) is 2. The zero-order valence-corrected chi connectivity index (χ0v) is 15.5. The highest BCUT2D eigenvalue weighted by Gasteiger charge is 2.34. The average Bonchev–Trinajstić information content (AvgIpc) is 2.68. The van der Waals surface area contributed by atoms with Gasteiger partial charge in [-0.2, -0.15) is 13.2 Å². The van der Waals surface area contributed by atoms with Gasteiger partial charge < -0.3 is 15.4 Å². The normalized spacial score (nSPS) is 17.7. The minimum absolute atomic E-state index is 0.147. The Kier molecular flexibility index (Phi) is 6.71. The second kappa shape index (κ2) is 9.23. The topological polar surface area (TPSA) is 53.6 Å². The molecule has 0 saturated carbocycles. The first-order valence-corrected chi connectivity index (χ1v) is 9.11. The molecule has 1 atom stereocenters. The molecule has 0 spiro atoms. The van der Waals surface area contributed by atoms with Crippen molar-refractivity contribution >= 4 is 11.7 Å². The van der Waals surface area contributed by atoms with E-state index < -0.39 is 23.6 Å². The van der Waals surface area contributed by atoms with Crippen LogP contribution in [0.1, 0.15) is 11.1 Å². The predicted molar refractivity (Wildman–Crippen MR) is 99.9 cm³/mol. The summed E-state index contributed by atoms with van der Waals surface area (Å²) in [6.07, 6.45) is -5.08. The number of urea groups is 1. The van der Waals surface area contributed by atoms with E-state index in [0.717, 1.165) is 19.2 Å². The number of rotatable bonds is 5. The SMILES string of the molecule is O=C(NCC1CN(Cc2ccccc2)CCO1)Nc1ccc(F)c(C(F)(F)F)c1. The maximum Gasteiger partial charge on any atom is 0.419 e. The summed E-state index contributed by atoms with van der Waals surface area (Å²) in [5, 5.41) is 4.87. The summed E-state index contributed by atoms with van der Waals surface area (Å²) in [6.45, 7) is 2.87. The van der Waals surface area contributed by atoms with Crippen molar-refractivity contribution in [1.82, 2.24) is 10.2 Å². The van der Waals surface area contributed by atoms with Gasteiger partial charge in [0.1, 0.15) is 5.82 Å². The fourth-order valence-corrected chi connectivity index (χ4v) is 3.09. The molecule has 1 unspecified atom stereocenters. The lowest BCUT2D eigenvalue weighted by Crippen LogP contribution is -2.47. The van der Waals surface area contributed by atoms with Crippen molar-refractivity contribution in [3.05, 3.63) is 65.5 Å². The van der Waals surface area contributed by atoms with Crippen LogP contribution >= 0.6 is 0 Å². The number of hydrogen-bond acceptors (Lipinski definition) is 3. The summed E-state index contributed by atoms with van der Waals surface area (Å²) in [6, 6.07) is 11.6. The smallest absolute Gasteiger partial charge is 0.374 e. The lowest BCUT2D eigenvalue weighted by atomic mass is 10.2. The molecule has 2 aromatic carbocycles. The van der Waals surface area contributed by atoms with Crippen LogP contribution in [0.5, 0.6) is 0 Å². The quantitative estimate of drug-likeness (QED) is 0.735. The van der Waals surface area contributed by atoms with Crippen LogP contribution in [-0.2, 0) is 17.5 Å². The molecule has 0 aliphatic carbocycles. The number of carbonyl (C=O) groups excluding carboxylic acids is 1. The highest BCUT2D eigenvalue weighted by Crippen LogP contribution is 2.32. The second-order valence-corrected chi connectivity index (χ2v) is 6.74. The second-order valence-electron chi connectivity index (χ2n) is 6.74. The molecule has 29 heavy (non-hydrogen) atoms. The number of nitrogens with zero attached hydrogens (tertiary/aromatic N) is 1. The molecule has 1 fully saturated rings. The Balaban J connectivity index is 1.49. The van der Waals surface area contributed by atoms with Gasteiger partial charge in [0.15, 0.2) is 0 Å². The highest BCUT2D eigenvalue weighted by atomic mass is 19.4. The number of halogens is 4. The van der Waals surface area contributed by atoms with E-state index >= 15 is 0 Å². The van der Waals surface area contributed by atoms with Gasteiger partial charge in [-0.1, -0.05) is 30.3 Å². The van der Waals surface area contributed by atoms with Crippen LogP contribution < -0.4 is 10.6 Å². The Morgan fingerprint density at radius 1 is 1.17 bits per heavy atom. The van der Waals surface area contributed by atoms with E-state index in [-0.39, 0.29) is 18.3 Å². The van der Waals surface area contributed by atoms with E-state index in [2.05, 4.69) is 15.5 Å². The largest absolute Gasteiger partial charge is 0.419 e. The van der Waals surface area contributed by atoms with E-state index in [4.69, 9.17) is 4.74 Å². The zero-order valence-electron chi connectivity index (χ0n) is 15.5. The Labute approximate surface area is 165 Å². The summed E-state index contributed by atoms with van der Waals surface area (Å²) in [5.74, 6) is -1.39. The standard InChI is InChI=1S/C20H21F4N3O2/c21-18-7-6-15(10-17(18)20(22,23)24)26-19(28)25-11-16-13-27(8-9-29-16)12-14-4-2-1-3-5-14/h1-7,10,16H,8-9,11-13H2,(H2,25,26,28). The summed E-state index contributed by atoms with van der Waals surface area (Å²) < 4.78 is 57.2. The van der Waals surface area contributed by atoms with Crippen molar-refractivity contribution in [1.29, 1.82) is 0 Å². The Morgan fingerprint density at radius 2 is 1.93 bits per heavy atom. The van der Waals surface area contributed by atoms with Gasteiger partial charge in [0.05, 0.1) is 18.3 Å². The third-order valence-electron chi connectivity index (χ3n) is 4.49. The number of carbonyl (C=O) groups is 1. The lowest BCUT2D eigenvalue weighted by Gasteiger charge is -2.33. The fourth-order valence-electron chi connectivity index (χ4n) is 3.09. The molecular weight excluding hydrogens is 390 g/mol. The predicted octanol–water partition coefficient (Wildman–Crippen LogP) is 3.87. The molecule has 1 saturated heterocycles. The van der Waals surface area contributed by atoms with Crippen molar-refractivity contribution in [2.75, 3.05) is 31.6 Å². The molecule has 2 aromatic rings.